The number of morpholine rings is 1. The zero-order valence-corrected chi connectivity index (χ0v) is 19.0. The monoisotopic (exact) mass is 485 g/mol. The van der Waals surface area contributed by atoms with Crippen LogP contribution in [0.2, 0.25) is 0 Å². The molecule has 0 amide bonds. The number of sulfonamides is 1. The molecule has 34 heavy (non-hydrogen) atoms. The van der Waals surface area contributed by atoms with Crippen molar-refractivity contribution < 1.29 is 32.2 Å². The molecule has 0 radical (unpaired) electrons. The summed E-state index contributed by atoms with van der Waals surface area (Å²) >= 11 is 0. The van der Waals surface area contributed by atoms with Crippen LogP contribution in [0.15, 0.2) is 72.0 Å². The fraction of sp³-hybridized carbons (Fsp3) is 0.261. The maximum Gasteiger partial charge on any atom is 0.343 e. The molecule has 3 aromatic rings. The van der Waals surface area contributed by atoms with Crippen LogP contribution in [-0.2, 0) is 19.5 Å². The average molecular weight is 486 g/mol. The van der Waals surface area contributed by atoms with Crippen LogP contribution in [0, 0.1) is 0 Å². The molecular weight excluding hydrogens is 462 g/mol. The van der Waals surface area contributed by atoms with E-state index in [-0.39, 0.29) is 29.6 Å². The lowest BCUT2D eigenvalue weighted by molar-refractivity contribution is 0.0447. The zero-order valence-electron chi connectivity index (χ0n) is 18.2. The number of benzene rings is 1. The number of pyridine rings is 2. The lowest BCUT2D eigenvalue weighted by Gasteiger charge is -2.26. The van der Waals surface area contributed by atoms with E-state index in [2.05, 4.69) is 9.97 Å². The SMILES string of the molecule is O=C(OCCOc1ccc(S(=O)(=O)N2CCOCC2)cc1)c1cccnc1Oc1cccnc1. The van der Waals surface area contributed by atoms with Gasteiger partial charge in [-0.15, -0.1) is 0 Å². The molecule has 0 N–H and O–H groups in total. The first-order valence-electron chi connectivity index (χ1n) is 10.5. The molecule has 3 heterocycles. The van der Waals surface area contributed by atoms with Crippen molar-refractivity contribution in [3.05, 3.63) is 72.7 Å². The van der Waals surface area contributed by atoms with Gasteiger partial charge in [0.1, 0.15) is 30.3 Å². The third kappa shape index (κ3) is 5.87. The zero-order chi connectivity index (χ0) is 23.8. The number of carbonyl (C=O) groups is 1. The Kier molecular flexibility index (Phi) is 7.68. The normalized spacial score (nSPS) is 14.4. The summed E-state index contributed by atoms with van der Waals surface area (Å²) in [6.07, 6.45) is 4.63. The molecule has 0 saturated carbocycles. The van der Waals surface area contributed by atoms with Gasteiger partial charge < -0.3 is 18.9 Å². The first kappa shape index (κ1) is 23.6. The molecule has 4 rings (SSSR count). The van der Waals surface area contributed by atoms with Crippen LogP contribution in [0.1, 0.15) is 10.4 Å². The third-order valence-corrected chi connectivity index (χ3v) is 6.77. The smallest absolute Gasteiger partial charge is 0.343 e. The van der Waals surface area contributed by atoms with Crippen LogP contribution in [0.3, 0.4) is 0 Å². The molecule has 1 saturated heterocycles. The van der Waals surface area contributed by atoms with E-state index in [0.717, 1.165) is 0 Å². The van der Waals surface area contributed by atoms with E-state index in [4.69, 9.17) is 18.9 Å². The number of nitrogens with zero attached hydrogens (tertiary/aromatic N) is 3. The second-order valence-electron chi connectivity index (χ2n) is 7.12. The van der Waals surface area contributed by atoms with Crippen LogP contribution in [0.5, 0.6) is 17.4 Å². The van der Waals surface area contributed by atoms with Crippen molar-refractivity contribution in [1.29, 1.82) is 0 Å². The number of esters is 1. The van der Waals surface area contributed by atoms with Crippen LogP contribution in [-0.4, -0.2) is 68.2 Å². The summed E-state index contributed by atoms with van der Waals surface area (Å²) in [7, 11) is -3.57. The summed E-state index contributed by atoms with van der Waals surface area (Å²) in [6.45, 7) is 1.49. The fourth-order valence-corrected chi connectivity index (χ4v) is 4.57. The minimum atomic E-state index is -3.57. The summed E-state index contributed by atoms with van der Waals surface area (Å²) in [4.78, 5) is 20.7. The molecule has 1 fully saturated rings. The van der Waals surface area contributed by atoms with E-state index in [1.807, 2.05) is 0 Å². The first-order chi connectivity index (χ1) is 16.5. The van der Waals surface area contributed by atoms with E-state index in [0.29, 0.717) is 37.8 Å². The van der Waals surface area contributed by atoms with Gasteiger partial charge in [0.25, 0.3) is 0 Å². The second-order valence-corrected chi connectivity index (χ2v) is 9.06. The number of ether oxygens (including phenoxy) is 4. The Hall–Kier alpha value is -3.54. The number of hydrogen-bond donors (Lipinski definition) is 0. The highest BCUT2D eigenvalue weighted by Crippen LogP contribution is 2.23. The number of hydrogen-bond acceptors (Lipinski definition) is 9. The minimum absolute atomic E-state index is 0.0200. The number of aromatic nitrogens is 2. The Bertz CT molecular complexity index is 1200. The summed E-state index contributed by atoms with van der Waals surface area (Å²) in [5.41, 5.74) is 0.170. The molecule has 0 atom stereocenters. The maximum atomic E-state index is 12.7. The molecule has 178 valence electrons. The molecule has 0 spiro atoms. The van der Waals surface area contributed by atoms with E-state index in [1.165, 1.54) is 28.8 Å². The molecule has 11 heteroatoms. The Balaban J connectivity index is 1.28. The Morgan fingerprint density at radius 2 is 1.74 bits per heavy atom. The van der Waals surface area contributed by atoms with Crippen LogP contribution >= 0.6 is 0 Å². The largest absolute Gasteiger partial charge is 0.490 e. The van der Waals surface area contributed by atoms with Gasteiger partial charge in [0.05, 0.1) is 24.3 Å². The van der Waals surface area contributed by atoms with Crippen molar-refractivity contribution in [2.75, 3.05) is 39.5 Å². The topological polar surface area (TPSA) is 117 Å². The molecule has 2 aromatic heterocycles. The van der Waals surface area contributed by atoms with Crippen molar-refractivity contribution in [3.63, 3.8) is 0 Å². The maximum absolute atomic E-state index is 12.7. The van der Waals surface area contributed by atoms with Crippen LogP contribution in [0.25, 0.3) is 0 Å². The van der Waals surface area contributed by atoms with Crippen molar-refractivity contribution in [2.45, 2.75) is 4.90 Å². The van der Waals surface area contributed by atoms with E-state index < -0.39 is 16.0 Å². The summed E-state index contributed by atoms with van der Waals surface area (Å²) in [5.74, 6) is 0.401. The van der Waals surface area contributed by atoms with Gasteiger partial charge in [-0.05, 0) is 48.5 Å². The second kappa shape index (κ2) is 11.1. The molecule has 1 aliphatic rings. The van der Waals surface area contributed by atoms with Crippen molar-refractivity contribution in [1.82, 2.24) is 14.3 Å². The highest BCUT2D eigenvalue weighted by atomic mass is 32.2. The van der Waals surface area contributed by atoms with Gasteiger partial charge in [0, 0.05) is 25.5 Å². The molecule has 1 aromatic carbocycles. The molecular formula is C23H23N3O7S. The van der Waals surface area contributed by atoms with E-state index in [9.17, 15) is 13.2 Å². The highest BCUT2D eigenvalue weighted by molar-refractivity contribution is 7.89. The van der Waals surface area contributed by atoms with Gasteiger partial charge in [0.2, 0.25) is 15.9 Å². The minimum Gasteiger partial charge on any atom is -0.490 e. The van der Waals surface area contributed by atoms with Gasteiger partial charge in [-0.2, -0.15) is 4.31 Å². The number of carbonyl (C=O) groups excluding carboxylic acids is 1. The van der Waals surface area contributed by atoms with Crippen LogP contribution in [0.4, 0.5) is 0 Å². The molecule has 0 aliphatic carbocycles. The van der Waals surface area contributed by atoms with Crippen LogP contribution < -0.4 is 9.47 Å². The van der Waals surface area contributed by atoms with E-state index in [1.54, 1.807) is 42.6 Å². The van der Waals surface area contributed by atoms with Gasteiger partial charge >= 0.3 is 5.97 Å². The standard InChI is InChI=1S/C23H23N3O7S/c27-23(21-4-2-10-25-22(21)33-19-3-1-9-24-17-19)32-16-15-31-18-5-7-20(8-6-18)34(28,29)26-11-13-30-14-12-26/h1-10,17H,11-16H2. The Morgan fingerprint density at radius 3 is 2.47 bits per heavy atom. The molecule has 0 unspecified atom stereocenters. The van der Waals surface area contributed by atoms with Crippen molar-refractivity contribution >= 4 is 16.0 Å². The van der Waals surface area contributed by atoms with Gasteiger partial charge in [-0.25, -0.2) is 18.2 Å². The quantitative estimate of drug-likeness (QED) is 0.333. The summed E-state index contributed by atoms with van der Waals surface area (Å²) in [6, 6.07) is 12.7. The first-order valence-corrected chi connectivity index (χ1v) is 12.0. The summed E-state index contributed by atoms with van der Waals surface area (Å²) in [5, 5.41) is 0. The predicted octanol–water partition coefficient (Wildman–Crippen LogP) is 2.53. The summed E-state index contributed by atoms with van der Waals surface area (Å²) < 4.78 is 48.4. The van der Waals surface area contributed by atoms with E-state index >= 15 is 0 Å². The lowest BCUT2D eigenvalue weighted by Crippen LogP contribution is -2.40. The predicted molar refractivity (Wildman–Crippen MR) is 120 cm³/mol. The number of rotatable bonds is 9. The van der Waals surface area contributed by atoms with Crippen molar-refractivity contribution in [2.24, 2.45) is 0 Å². The van der Waals surface area contributed by atoms with Gasteiger partial charge in [0.15, 0.2) is 0 Å². The lowest BCUT2D eigenvalue weighted by atomic mass is 10.3. The Labute approximate surface area is 197 Å². The average Bonchev–Trinajstić information content (AvgIpc) is 2.88. The van der Waals surface area contributed by atoms with Gasteiger partial charge in [-0.1, -0.05) is 0 Å². The Morgan fingerprint density at radius 1 is 0.971 bits per heavy atom. The molecule has 1 aliphatic heterocycles. The van der Waals surface area contributed by atoms with Crippen molar-refractivity contribution in [3.8, 4) is 17.4 Å². The molecule has 10 nitrogen and oxygen atoms in total. The van der Waals surface area contributed by atoms with Gasteiger partial charge in [-0.3, -0.25) is 4.98 Å². The molecule has 0 bridgehead atoms. The fourth-order valence-electron chi connectivity index (χ4n) is 3.16. The third-order valence-electron chi connectivity index (χ3n) is 4.86. The highest BCUT2D eigenvalue weighted by Gasteiger charge is 2.26.